The van der Waals surface area contributed by atoms with Crippen molar-refractivity contribution in [3.63, 3.8) is 0 Å². The third-order valence-electron chi connectivity index (χ3n) is 5.06. The van der Waals surface area contributed by atoms with Crippen LogP contribution in [-0.2, 0) is 11.2 Å². The molecule has 11 heteroatoms. The van der Waals surface area contributed by atoms with Gasteiger partial charge < -0.3 is 10.6 Å². The van der Waals surface area contributed by atoms with Gasteiger partial charge in [-0.2, -0.15) is 0 Å². The lowest BCUT2D eigenvalue weighted by Gasteiger charge is -2.22. The summed E-state index contributed by atoms with van der Waals surface area (Å²) >= 11 is 1.36. The van der Waals surface area contributed by atoms with Gasteiger partial charge in [0.2, 0.25) is 5.91 Å². The number of carbonyl (C=O) groups is 2. The van der Waals surface area contributed by atoms with Gasteiger partial charge in [-0.1, -0.05) is 25.3 Å². The van der Waals surface area contributed by atoms with Gasteiger partial charge in [-0.25, -0.2) is 14.5 Å². The molecule has 3 N–H and O–H groups in total. The smallest absolute Gasteiger partial charge is 0.321 e. The van der Waals surface area contributed by atoms with E-state index in [4.69, 9.17) is 0 Å². The number of hydrogen-bond acceptors (Lipinski definition) is 7. The summed E-state index contributed by atoms with van der Waals surface area (Å²) in [6.45, 7) is 0. The first-order valence-corrected chi connectivity index (χ1v) is 11.2. The maximum absolute atomic E-state index is 12.3. The maximum Gasteiger partial charge on any atom is 0.321 e. The third-order valence-corrected chi connectivity index (χ3v) is 5.87. The molecule has 1 aromatic carbocycles. The summed E-state index contributed by atoms with van der Waals surface area (Å²) in [4.78, 5) is 28.9. The molecule has 4 rings (SSSR count). The first-order valence-electron chi connectivity index (χ1n) is 10.3. The second-order valence-corrected chi connectivity index (χ2v) is 8.29. The minimum absolute atomic E-state index is 0.119. The molecule has 0 bridgehead atoms. The lowest BCUT2D eigenvalue weighted by Crippen LogP contribution is -2.38. The lowest BCUT2D eigenvalue weighted by atomic mass is 9.96. The highest BCUT2D eigenvalue weighted by Crippen LogP contribution is 2.19. The molecule has 162 valence electrons. The number of nitrogens with zero attached hydrogens (tertiary/aromatic N) is 5. The molecule has 10 nitrogen and oxygen atoms in total. The molecule has 2 aromatic heterocycles. The number of aryl methyl sites for hydroxylation is 1. The van der Waals surface area contributed by atoms with E-state index in [1.807, 2.05) is 23.6 Å². The van der Waals surface area contributed by atoms with Crippen LogP contribution in [0.4, 0.5) is 15.6 Å². The van der Waals surface area contributed by atoms with E-state index in [0.717, 1.165) is 37.1 Å². The zero-order valence-electron chi connectivity index (χ0n) is 17.0. The summed E-state index contributed by atoms with van der Waals surface area (Å²) in [5.74, 6) is -0.119. The molecular formula is C20H24N8O2S. The molecule has 0 unspecified atom stereocenters. The molecule has 0 atom stereocenters. The largest absolute Gasteiger partial charge is 0.335 e. The van der Waals surface area contributed by atoms with E-state index < -0.39 is 0 Å². The summed E-state index contributed by atoms with van der Waals surface area (Å²) < 4.78 is 1.52. The van der Waals surface area contributed by atoms with E-state index in [1.165, 1.54) is 28.8 Å². The fourth-order valence-corrected chi connectivity index (χ4v) is 4.26. The molecule has 3 amide bonds. The van der Waals surface area contributed by atoms with Crippen molar-refractivity contribution < 1.29 is 9.59 Å². The first kappa shape index (κ1) is 20.9. The van der Waals surface area contributed by atoms with Gasteiger partial charge in [-0.3, -0.25) is 10.1 Å². The zero-order chi connectivity index (χ0) is 21.5. The van der Waals surface area contributed by atoms with Crippen LogP contribution in [-0.4, -0.2) is 43.2 Å². The highest BCUT2D eigenvalue weighted by atomic mass is 32.1. The Morgan fingerprint density at radius 2 is 2.03 bits per heavy atom. The van der Waals surface area contributed by atoms with Crippen molar-refractivity contribution in [1.29, 1.82) is 0 Å². The first-order chi connectivity index (χ1) is 15.2. The third kappa shape index (κ3) is 6.07. The van der Waals surface area contributed by atoms with Crippen molar-refractivity contribution >= 4 is 34.1 Å². The number of carbonyl (C=O) groups excluding carboxylic acids is 2. The van der Waals surface area contributed by atoms with E-state index in [2.05, 4.69) is 36.5 Å². The van der Waals surface area contributed by atoms with E-state index in [1.54, 1.807) is 6.07 Å². The number of thiazole rings is 1. The Kier molecular flexibility index (Phi) is 6.82. The monoisotopic (exact) mass is 440 g/mol. The van der Waals surface area contributed by atoms with Gasteiger partial charge in [0.25, 0.3) is 0 Å². The van der Waals surface area contributed by atoms with E-state index in [-0.39, 0.29) is 24.4 Å². The Morgan fingerprint density at radius 1 is 1.16 bits per heavy atom. The molecule has 31 heavy (non-hydrogen) atoms. The van der Waals surface area contributed by atoms with Crippen LogP contribution in [0.25, 0.3) is 5.69 Å². The number of aromatic nitrogens is 5. The zero-order valence-corrected chi connectivity index (χ0v) is 17.8. The van der Waals surface area contributed by atoms with E-state index in [9.17, 15) is 9.59 Å². The van der Waals surface area contributed by atoms with Crippen LogP contribution in [0.2, 0.25) is 0 Å². The van der Waals surface area contributed by atoms with Crippen LogP contribution in [0, 0.1) is 0 Å². The normalized spacial score (nSPS) is 14.2. The van der Waals surface area contributed by atoms with Gasteiger partial charge in [0, 0.05) is 23.5 Å². The minimum atomic E-state index is -0.215. The predicted molar refractivity (Wildman–Crippen MR) is 117 cm³/mol. The maximum atomic E-state index is 12.3. The Hall–Kier alpha value is -3.34. The summed E-state index contributed by atoms with van der Waals surface area (Å²) in [7, 11) is 0. The van der Waals surface area contributed by atoms with Crippen LogP contribution < -0.4 is 16.0 Å². The molecule has 0 spiro atoms. The summed E-state index contributed by atoms with van der Waals surface area (Å²) in [5, 5.41) is 22.1. The van der Waals surface area contributed by atoms with Crippen molar-refractivity contribution in [1.82, 2.24) is 30.5 Å². The van der Waals surface area contributed by atoms with Crippen LogP contribution >= 0.6 is 11.3 Å². The standard InChI is InChI=1S/C20H24N8O2S/c29-18(22-15-7-4-8-17(11-15)28-13-21-26-27-28)10-9-16-12-31-20(24-16)25-19(30)23-14-5-2-1-3-6-14/h4,7-8,11-14H,1-3,5-6,9-10H2,(H,22,29)(H2,23,24,25,30). The number of nitrogens with one attached hydrogen (secondary N) is 3. The van der Waals surface area contributed by atoms with Crippen molar-refractivity contribution in [2.45, 2.75) is 51.0 Å². The molecular weight excluding hydrogens is 416 g/mol. The Labute approximate surface area is 183 Å². The SMILES string of the molecule is O=C(CCc1csc(NC(=O)NC2CCCCC2)n1)Nc1cccc(-n2cnnn2)c1. The highest BCUT2D eigenvalue weighted by Gasteiger charge is 2.16. The number of amides is 3. The number of benzene rings is 1. The predicted octanol–water partition coefficient (Wildman–Crippen LogP) is 3.14. The average Bonchev–Trinajstić information content (AvgIpc) is 3.45. The molecule has 0 saturated heterocycles. The molecule has 0 radical (unpaired) electrons. The number of tetrazole rings is 1. The highest BCUT2D eigenvalue weighted by molar-refractivity contribution is 7.13. The number of anilines is 2. The van der Waals surface area contributed by atoms with Gasteiger partial charge >= 0.3 is 6.03 Å². The fourth-order valence-electron chi connectivity index (χ4n) is 3.52. The van der Waals surface area contributed by atoms with Crippen molar-refractivity contribution in [3.8, 4) is 5.69 Å². The Balaban J connectivity index is 1.23. The van der Waals surface area contributed by atoms with Crippen LogP contribution in [0.1, 0.15) is 44.2 Å². The average molecular weight is 441 g/mol. The minimum Gasteiger partial charge on any atom is -0.335 e. The summed E-state index contributed by atoms with van der Waals surface area (Å²) in [6, 6.07) is 7.30. The Morgan fingerprint density at radius 3 is 2.84 bits per heavy atom. The molecule has 1 fully saturated rings. The number of hydrogen-bond donors (Lipinski definition) is 3. The number of rotatable bonds is 7. The summed E-state index contributed by atoms with van der Waals surface area (Å²) in [6.07, 6.45) is 7.90. The quantitative estimate of drug-likeness (QED) is 0.518. The van der Waals surface area contributed by atoms with Gasteiger partial charge in [-0.15, -0.1) is 16.4 Å². The molecule has 3 aromatic rings. The molecule has 1 saturated carbocycles. The van der Waals surface area contributed by atoms with Gasteiger partial charge in [0.15, 0.2) is 5.13 Å². The van der Waals surface area contributed by atoms with Gasteiger partial charge in [0.1, 0.15) is 6.33 Å². The molecule has 1 aliphatic carbocycles. The topological polar surface area (TPSA) is 127 Å². The van der Waals surface area contributed by atoms with Crippen LogP contribution in [0.3, 0.4) is 0 Å². The molecule has 1 aliphatic rings. The second kappa shape index (κ2) is 10.1. The van der Waals surface area contributed by atoms with Crippen molar-refractivity contribution in [2.75, 3.05) is 10.6 Å². The van der Waals surface area contributed by atoms with Gasteiger partial charge in [-0.05, 0) is 47.9 Å². The molecule has 2 heterocycles. The summed E-state index contributed by atoms with van der Waals surface area (Å²) in [5.41, 5.74) is 2.19. The van der Waals surface area contributed by atoms with Crippen molar-refractivity contribution in [2.24, 2.45) is 0 Å². The second-order valence-electron chi connectivity index (χ2n) is 7.43. The van der Waals surface area contributed by atoms with Crippen LogP contribution in [0.15, 0.2) is 36.0 Å². The lowest BCUT2D eigenvalue weighted by molar-refractivity contribution is -0.116. The fraction of sp³-hybridized carbons (Fsp3) is 0.400. The van der Waals surface area contributed by atoms with Crippen molar-refractivity contribution in [3.05, 3.63) is 41.7 Å². The molecule has 0 aliphatic heterocycles. The van der Waals surface area contributed by atoms with Gasteiger partial charge in [0.05, 0.1) is 11.4 Å². The van der Waals surface area contributed by atoms with Crippen LogP contribution in [0.5, 0.6) is 0 Å². The Bertz CT molecular complexity index is 1010. The number of urea groups is 1. The van der Waals surface area contributed by atoms with E-state index in [0.29, 0.717) is 17.2 Å². The van der Waals surface area contributed by atoms with E-state index >= 15 is 0 Å².